The number of aryl methyl sites for hydroxylation is 1. The van der Waals surface area contributed by atoms with Gasteiger partial charge in [-0.25, -0.2) is 4.79 Å². The zero-order chi connectivity index (χ0) is 20.4. The van der Waals surface area contributed by atoms with Crippen molar-refractivity contribution in [2.24, 2.45) is 0 Å². The van der Waals surface area contributed by atoms with Gasteiger partial charge in [0.05, 0.1) is 17.2 Å². The number of carbonyl (C=O) groups excluding carboxylic acids is 1. The number of carbonyl (C=O) groups is 1. The Morgan fingerprint density at radius 2 is 1.90 bits per heavy atom. The first-order valence-electron chi connectivity index (χ1n) is 10.2. The molecule has 29 heavy (non-hydrogen) atoms. The number of nitrogens with zero attached hydrogens (tertiary/aromatic N) is 2. The Hall–Kier alpha value is -2.84. The number of piperidine rings is 2. The van der Waals surface area contributed by atoms with Gasteiger partial charge in [0.1, 0.15) is 6.61 Å². The zero-order valence-corrected chi connectivity index (χ0v) is 16.7. The van der Waals surface area contributed by atoms with Crippen LogP contribution in [-0.2, 0) is 16.9 Å². The molecule has 5 nitrogen and oxygen atoms in total. The lowest BCUT2D eigenvalue weighted by Gasteiger charge is -2.51. The molecular formula is C24H26N2O3. The van der Waals surface area contributed by atoms with E-state index in [9.17, 15) is 15.2 Å². The molecule has 2 aliphatic heterocycles. The van der Waals surface area contributed by atoms with Gasteiger partial charge in [-0.05, 0) is 48.9 Å². The van der Waals surface area contributed by atoms with Crippen LogP contribution in [0.2, 0.25) is 0 Å². The van der Waals surface area contributed by atoms with Crippen LogP contribution in [0.25, 0.3) is 0 Å². The fraction of sp³-hybridized carbons (Fsp3) is 0.417. The summed E-state index contributed by atoms with van der Waals surface area (Å²) in [6.45, 7) is 2.15. The molecular weight excluding hydrogens is 364 g/mol. The summed E-state index contributed by atoms with van der Waals surface area (Å²) < 4.78 is 5.59. The molecule has 0 spiro atoms. The van der Waals surface area contributed by atoms with Gasteiger partial charge in [0.15, 0.2) is 0 Å². The second kappa shape index (κ2) is 7.88. The maximum atomic E-state index is 12.9. The largest absolute Gasteiger partial charge is 0.445 e. The SMILES string of the molecule is Cc1ccc(C2(O)CC3CCCC(C2)N3C(=O)OCc2ccccc2)cc1C#N. The van der Waals surface area contributed by atoms with Crippen molar-refractivity contribution in [1.82, 2.24) is 4.90 Å². The van der Waals surface area contributed by atoms with E-state index in [0.717, 1.165) is 36.0 Å². The van der Waals surface area contributed by atoms with Crippen LogP contribution in [0.3, 0.4) is 0 Å². The molecule has 2 heterocycles. The van der Waals surface area contributed by atoms with Gasteiger partial charge < -0.3 is 14.7 Å². The van der Waals surface area contributed by atoms with Gasteiger partial charge in [0.2, 0.25) is 0 Å². The normalized spacial score (nSPS) is 25.9. The van der Waals surface area contributed by atoms with E-state index in [1.807, 2.05) is 54.3 Å². The Kier molecular flexibility index (Phi) is 5.29. The Bertz CT molecular complexity index is 921. The van der Waals surface area contributed by atoms with Crippen molar-refractivity contribution in [2.45, 2.75) is 63.3 Å². The fourth-order valence-electron chi connectivity index (χ4n) is 4.79. The summed E-state index contributed by atoms with van der Waals surface area (Å²) in [5, 5.41) is 20.8. The summed E-state index contributed by atoms with van der Waals surface area (Å²) in [7, 11) is 0. The van der Waals surface area contributed by atoms with Crippen LogP contribution >= 0.6 is 0 Å². The quantitative estimate of drug-likeness (QED) is 0.843. The first-order chi connectivity index (χ1) is 14.0. The number of fused-ring (bicyclic) bond motifs is 2. The fourth-order valence-corrected chi connectivity index (χ4v) is 4.79. The van der Waals surface area contributed by atoms with Crippen LogP contribution in [0.4, 0.5) is 4.79 Å². The third-order valence-corrected chi connectivity index (χ3v) is 6.32. The molecule has 0 aliphatic carbocycles. The van der Waals surface area contributed by atoms with Crippen molar-refractivity contribution >= 4 is 6.09 Å². The lowest BCUT2D eigenvalue weighted by molar-refractivity contribution is -0.0896. The molecule has 2 unspecified atom stereocenters. The van der Waals surface area contributed by atoms with Gasteiger partial charge in [0.25, 0.3) is 0 Å². The van der Waals surface area contributed by atoms with Crippen LogP contribution in [-0.4, -0.2) is 28.2 Å². The summed E-state index contributed by atoms with van der Waals surface area (Å²) >= 11 is 0. The highest BCUT2D eigenvalue weighted by molar-refractivity contribution is 5.69. The van der Waals surface area contributed by atoms with Crippen molar-refractivity contribution in [3.8, 4) is 6.07 Å². The smallest absolute Gasteiger partial charge is 0.410 e. The topological polar surface area (TPSA) is 73.6 Å². The zero-order valence-electron chi connectivity index (χ0n) is 16.7. The van der Waals surface area contributed by atoms with E-state index in [2.05, 4.69) is 6.07 Å². The second-order valence-corrected chi connectivity index (χ2v) is 8.27. The average molecular weight is 390 g/mol. The lowest BCUT2D eigenvalue weighted by atomic mass is 9.72. The van der Waals surface area contributed by atoms with Crippen LogP contribution < -0.4 is 0 Å². The molecule has 2 bridgehead atoms. The molecule has 5 heteroatoms. The molecule has 1 amide bonds. The summed E-state index contributed by atoms with van der Waals surface area (Å²) in [6, 6.07) is 17.4. The Morgan fingerprint density at radius 3 is 2.55 bits per heavy atom. The van der Waals surface area contributed by atoms with Gasteiger partial charge in [0, 0.05) is 24.9 Å². The number of nitriles is 1. The number of hydrogen-bond donors (Lipinski definition) is 1. The van der Waals surface area contributed by atoms with E-state index in [0.29, 0.717) is 18.4 Å². The highest BCUT2D eigenvalue weighted by Crippen LogP contribution is 2.44. The maximum absolute atomic E-state index is 12.9. The minimum atomic E-state index is -1.02. The van der Waals surface area contributed by atoms with Gasteiger partial charge in [-0.15, -0.1) is 0 Å². The number of amides is 1. The minimum Gasteiger partial charge on any atom is -0.445 e. The molecule has 0 radical (unpaired) electrons. The van der Waals surface area contributed by atoms with E-state index in [1.165, 1.54) is 0 Å². The summed E-state index contributed by atoms with van der Waals surface area (Å²) in [5.41, 5.74) is 2.20. The molecule has 2 fully saturated rings. The van der Waals surface area contributed by atoms with E-state index in [-0.39, 0.29) is 24.8 Å². The average Bonchev–Trinajstić information content (AvgIpc) is 2.72. The molecule has 150 valence electrons. The maximum Gasteiger partial charge on any atom is 0.410 e. The van der Waals surface area contributed by atoms with E-state index in [1.54, 1.807) is 6.07 Å². The standard InChI is InChI=1S/C24H26N2O3/c1-17-10-11-20(12-19(17)15-25)24(28)13-21-8-5-9-22(14-24)26(21)23(27)29-16-18-6-3-2-4-7-18/h2-4,6-7,10-12,21-22,28H,5,8-9,13-14,16H2,1H3. The first kappa shape index (κ1) is 19.5. The van der Waals surface area contributed by atoms with Crippen molar-refractivity contribution in [3.63, 3.8) is 0 Å². The molecule has 2 aliphatic rings. The van der Waals surface area contributed by atoms with Crippen molar-refractivity contribution in [1.29, 1.82) is 5.26 Å². The molecule has 2 aromatic carbocycles. The van der Waals surface area contributed by atoms with Crippen molar-refractivity contribution in [3.05, 3.63) is 70.8 Å². The second-order valence-electron chi connectivity index (χ2n) is 8.27. The first-order valence-corrected chi connectivity index (χ1v) is 10.2. The van der Waals surface area contributed by atoms with Gasteiger partial charge >= 0.3 is 6.09 Å². The monoisotopic (exact) mass is 390 g/mol. The number of hydrogen-bond acceptors (Lipinski definition) is 4. The van der Waals surface area contributed by atoms with Gasteiger partial charge in [-0.2, -0.15) is 5.26 Å². The highest BCUT2D eigenvalue weighted by Gasteiger charge is 2.48. The highest BCUT2D eigenvalue weighted by atomic mass is 16.6. The number of aliphatic hydroxyl groups is 1. The summed E-state index contributed by atoms with van der Waals surface area (Å²) in [6.07, 6.45) is 3.40. The number of benzene rings is 2. The van der Waals surface area contributed by atoms with Crippen LogP contribution in [0.5, 0.6) is 0 Å². The minimum absolute atomic E-state index is 0.0531. The molecule has 4 rings (SSSR count). The predicted molar refractivity (Wildman–Crippen MR) is 109 cm³/mol. The molecule has 0 saturated carbocycles. The van der Waals surface area contributed by atoms with Gasteiger partial charge in [-0.1, -0.05) is 42.5 Å². The third-order valence-electron chi connectivity index (χ3n) is 6.32. The lowest BCUT2D eigenvalue weighted by Crippen LogP contribution is -2.58. The molecule has 2 aromatic rings. The Balaban J connectivity index is 1.51. The Morgan fingerprint density at radius 1 is 1.21 bits per heavy atom. The van der Waals surface area contributed by atoms with Gasteiger partial charge in [-0.3, -0.25) is 0 Å². The summed E-state index contributed by atoms with van der Waals surface area (Å²) in [5.74, 6) is 0. The van der Waals surface area contributed by atoms with Crippen LogP contribution in [0.15, 0.2) is 48.5 Å². The Labute approximate surface area is 171 Å². The van der Waals surface area contributed by atoms with Crippen LogP contribution in [0, 0.1) is 18.3 Å². The molecule has 2 atom stereocenters. The molecule has 0 aromatic heterocycles. The van der Waals surface area contributed by atoms with E-state index < -0.39 is 5.60 Å². The summed E-state index contributed by atoms with van der Waals surface area (Å²) in [4.78, 5) is 14.7. The van der Waals surface area contributed by atoms with Crippen molar-refractivity contribution in [2.75, 3.05) is 0 Å². The molecule has 2 saturated heterocycles. The number of rotatable bonds is 3. The van der Waals surface area contributed by atoms with Crippen molar-refractivity contribution < 1.29 is 14.6 Å². The van der Waals surface area contributed by atoms with E-state index in [4.69, 9.17) is 4.74 Å². The van der Waals surface area contributed by atoms with Crippen LogP contribution in [0.1, 0.15) is 54.4 Å². The van der Waals surface area contributed by atoms with E-state index >= 15 is 0 Å². The molecule has 1 N–H and O–H groups in total. The number of ether oxygens (including phenoxy) is 1. The predicted octanol–water partition coefficient (Wildman–Crippen LogP) is 4.41. The third kappa shape index (κ3) is 3.86.